The van der Waals surface area contributed by atoms with Crippen molar-refractivity contribution in [1.82, 2.24) is 19.7 Å². The number of anilines is 1. The molecule has 2 aromatic rings. The molecular weight excluding hydrogens is 250 g/mol. The molecule has 0 N–H and O–H groups in total. The van der Waals surface area contributed by atoms with E-state index in [4.69, 9.17) is 4.98 Å². The summed E-state index contributed by atoms with van der Waals surface area (Å²) in [5.74, 6) is 2.68. The fourth-order valence-electron chi connectivity index (χ4n) is 3.65. The summed E-state index contributed by atoms with van der Waals surface area (Å²) in [6.07, 6.45) is 7.68. The Morgan fingerprint density at radius 2 is 2.00 bits per heavy atom. The lowest BCUT2D eigenvalue weighted by molar-refractivity contribution is 0.549. The highest BCUT2D eigenvalue weighted by molar-refractivity contribution is 5.43. The van der Waals surface area contributed by atoms with Crippen LogP contribution in [0.25, 0.3) is 5.82 Å². The van der Waals surface area contributed by atoms with Crippen LogP contribution < -0.4 is 4.90 Å². The molecule has 1 saturated heterocycles. The van der Waals surface area contributed by atoms with Gasteiger partial charge in [-0.3, -0.25) is 4.98 Å². The summed E-state index contributed by atoms with van der Waals surface area (Å²) in [6.45, 7) is 5.19. The molecule has 0 radical (unpaired) electrons. The molecule has 5 heteroatoms. The molecule has 4 rings (SSSR count). The van der Waals surface area contributed by atoms with Crippen molar-refractivity contribution in [3.63, 3.8) is 0 Å². The van der Waals surface area contributed by atoms with Gasteiger partial charge in [-0.25, -0.2) is 9.67 Å². The summed E-state index contributed by atoms with van der Waals surface area (Å²) in [5, 5.41) is 4.49. The van der Waals surface area contributed by atoms with E-state index in [2.05, 4.69) is 21.0 Å². The van der Waals surface area contributed by atoms with Crippen molar-refractivity contribution in [2.24, 2.45) is 5.92 Å². The Hall–Kier alpha value is -1.91. The molecule has 0 amide bonds. The second-order valence-electron chi connectivity index (χ2n) is 6.06. The topological polar surface area (TPSA) is 46.8 Å². The highest BCUT2D eigenvalue weighted by Crippen LogP contribution is 2.39. The second-order valence-corrected chi connectivity index (χ2v) is 6.06. The van der Waals surface area contributed by atoms with Gasteiger partial charge in [0, 0.05) is 18.3 Å². The normalized spacial score (nSPS) is 24.6. The number of hydrogen-bond acceptors (Lipinski definition) is 4. The number of aromatic nitrogens is 4. The second kappa shape index (κ2) is 4.30. The van der Waals surface area contributed by atoms with Gasteiger partial charge in [0.15, 0.2) is 5.82 Å². The van der Waals surface area contributed by atoms with Gasteiger partial charge in [0.1, 0.15) is 5.82 Å². The van der Waals surface area contributed by atoms with E-state index < -0.39 is 0 Å². The fraction of sp³-hybridized carbons (Fsp3) is 0.533. The van der Waals surface area contributed by atoms with Gasteiger partial charge in [-0.2, -0.15) is 5.10 Å². The maximum Gasteiger partial charge on any atom is 0.174 e. The third-order valence-corrected chi connectivity index (χ3v) is 4.54. The molecule has 2 aromatic heterocycles. The van der Waals surface area contributed by atoms with Gasteiger partial charge in [0.25, 0.3) is 0 Å². The molecule has 2 atom stereocenters. The zero-order valence-corrected chi connectivity index (χ0v) is 12.0. The number of piperidine rings is 1. The van der Waals surface area contributed by atoms with E-state index in [0.29, 0.717) is 6.04 Å². The van der Waals surface area contributed by atoms with E-state index >= 15 is 0 Å². The smallest absolute Gasteiger partial charge is 0.174 e. The molecule has 0 aromatic carbocycles. The Labute approximate surface area is 118 Å². The van der Waals surface area contributed by atoms with E-state index in [-0.39, 0.29) is 0 Å². The van der Waals surface area contributed by atoms with Gasteiger partial charge in [-0.1, -0.05) is 0 Å². The zero-order chi connectivity index (χ0) is 13.7. The van der Waals surface area contributed by atoms with Crippen molar-refractivity contribution < 1.29 is 0 Å². The number of nitrogens with zero attached hydrogens (tertiary/aromatic N) is 5. The Morgan fingerprint density at radius 3 is 2.65 bits per heavy atom. The van der Waals surface area contributed by atoms with Crippen molar-refractivity contribution in [2.45, 2.75) is 39.2 Å². The van der Waals surface area contributed by atoms with Gasteiger partial charge in [0.05, 0.1) is 18.1 Å². The number of rotatable bonds is 2. The van der Waals surface area contributed by atoms with E-state index in [1.807, 2.05) is 24.7 Å². The molecule has 0 spiro atoms. The molecule has 1 aliphatic heterocycles. The van der Waals surface area contributed by atoms with Crippen molar-refractivity contribution in [3.8, 4) is 5.82 Å². The molecule has 1 aliphatic carbocycles. The molecule has 2 aliphatic rings. The lowest BCUT2D eigenvalue weighted by Gasteiger charge is -2.27. The Balaban J connectivity index is 1.70. The molecule has 3 heterocycles. The molecule has 20 heavy (non-hydrogen) atoms. The van der Waals surface area contributed by atoms with Crippen LogP contribution in [0.15, 0.2) is 18.5 Å². The maximum atomic E-state index is 4.78. The SMILES string of the molecule is Cc1cc(C)n(-c2cncc(N3C[C@H]4CC[C@H]3C4)n2)n1. The first-order valence-electron chi connectivity index (χ1n) is 7.33. The molecule has 1 saturated carbocycles. The van der Waals surface area contributed by atoms with E-state index in [9.17, 15) is 0 Å². The number of hydrogen-bond donors (Lipinski definition) is 0. The van der Waals surface area contributed by atoms with E-state index in [0.717, 1.165) is 35.5 Å². The fourth-order valence-corrected chi connectivity index (χ4v) is 3.65. The lowest BCUT2D eigenvalue weighted by Crippen LogP contribution is -2.32. The summed E-state index contributed by atoms with van der Waals surface area (Å²) in [7, 11) is 0. The van der Waals surface area contributed by atoms with Gasteiger partial charge >= 0.3 is 0 Å². The quantitative estimate of drug-likeness (QED) is 0.839. The minimum atomic E-state index is 0.671. The van der Waals surface area contributed by atoms with Crippen LogP contribution in [0.3, 0.4) is 0 Å². The summed E-state index contributed by atoms with van der Waals surface area (Å²) in [6, 6.07) is 2.73. The zero-order valence-electron chi connectivity index (χ0n) is 12.0. The van der Waals surface area contributed by atoms with Crippen LogP contribution in [0.4, 0.5) is 5.82 Å². The third kappa shape index (κ3) is 1.80. The van der Waals surface area contributed by atoms with Crippen LogP contribution in [-0.4, -0.2) is 32.3 Å². The van der Waals surface area contributed by atoms with Crippen LogP contribution in [0.2, 0.25) is 0 Å². The Morgan fingerprint density at radius 1 is 1.15 bits per heavy atom. The third-order valence-electron chi connectivity index (χ3n) is 4.54. The van der Waals surface area contributed by atoms with Crippen molar-refractivity contribution in [3.05, 3.63) is 29.8 Å². The summed E-state index contributed by atoms with van der Waals surface area (Å²) in [5.41, 5.74) is 2.10. The average Bonchev–Trinajstić information content (AvgIpc) is 3.14. The van der Waals surface area contributed by atoms with Gasteiger partial charge < -0.3 is 4.90 Å². The minimum Gasteiger partial charge on any atom is -0.352 e. The molecule has 2 fully saturated rings. The lowest BCUT2D eigenvalue weighted by atomic mass is 10.1. The van der Waals surface area contributed by atoms with Crippen LogP contribution >= 0.6 is 0 Å². The van der Waals surface area contributed by atoms with E-state index in [1.165, 1.54) is 19.3 Å². The molecule has 2 bridgehead atoms. The van der Waals surface area contributed by atoms with Gasteiger partial charge in [-0.05, 0) is 45.1 Å². The van der Waals surface area contributed by atoms with Crippen LogP contribution in [-0.2, 0) is 0 Å². The first kappa shape index (κ1) is 11.9. The van der Waals surface area contributed by atoms with Crippen molar-refractivity contribution in [1.29, 1.82) is 0 Å². The standard InChI is InChI=1S/C15H19N5/c1-10-5-11(2)20(18-10)15-8-16-7-14(17-15)19-9-12-3-4-13(19)6-12/h5,7-8,12-13H,3-4,6,9H2,1-2H3/t12-,13-/m0/s1. The summed E-state index contributed by atoms with van der Waals surface area (Å²) >= 11 is 0. The molecule has 104 valence electrons. The van der Waals surface area contributed by atoms with Crippen LogP contribution in [0.5, 0.6) is 0 Å². The Bertz CT molecular complexity index is 647. The van der Waals surface area contributed by atoms with Crippen LogP contribution in [0, 0.1) is 19.8 Å². The predicted molar refractivity (Wildman–Crippen MR) is 77.1 cm³/mol. The first-order chi connectivity index (χ1) is 9.70. The first-order valence-corrected chi connectivity index (χ1v) is 7.33. The Kier molecular flexibility index (Phi) is 2.55. The molecular formula is C15H19N5. The van der Waals surface area contributed by atoms with Gasteiger partial charge in [0.2, 0.25) is 0 Å². The van der Waals surface area contributed by atoms with Crippen molar-refractivity contribution in [2.75, 3.05) is 11.4 Å². The molecule has 5 nitrogen and oxygen atoms in total. The maximum absolute atomic E-state index is 4.78. The van der Waals surface area contributed by atoms with E-state index in [1.54, 1.807) is 6.20 Å². The highest BCUT2D eigenvalue weighted by Gasteiger charge is 2.38. The number of fused-ring (bicyclic) bond motifs is 2. The predicted octanol–water partition coefficient (Wildman–Crippen LogP) is 2.27. The number of aryl methyl sites for hydroxylation is 2. The summed E-state index contributed by atoms with van der Waals surface area (Å²) < 4.78 is 1.88. The summed E-state index contributed by atoms with van der Waals surface area (Å²) in [4.78, 5) is 11.6. The average molecular weight is 269 g/mol. The minimum absolute atomic E-state index is 0.671. The van der Waals surface area contributed by atoms with Gasteiger partial charge in [-0.15, -0.1) is 0 Å². The van der Waals surface area contributed by atoms with Crippen molar-refractivity contribution >= 4 is 5.82 Å². The largest absolute Gasteiger partial charge is 0.352 e. The molecule has 0 unspecified atom stereocenters. The van der Waals surface area contributed by atoms with Crippen LogP contribution in [0.1, 0.15) is 30.7 Å². The monoisotopic (exact) mass is 269 g/mol. The highest BCUT2D eigenvalue weighted by atomic mass is 15.3.